The third kappa shape index (κ3) is 4.31. The zero-order valence-corrected chi connectivity index (χ0v) is 9.94. The van der Waals surface area contributed by atoms with Crippen LogP contribution in [-0.2, 0) is 6.42 Å². The maximum atomic E-state index is 12.1. The fourth-order valence-electron chi connectivity index (χ4n) is 1.18. The molecule has 0 bridgehead atoms. The van der Waals surface area contributed by atoms with E-state index in [-0.39, 0.29) is 5.69 Å². The molecule has 4 nitrogen and oxygen atoms in total. The topological polar surface area (TPSA) is 59.2 Å². The van der Waals surface area contributed by atoms with Crippen molar-refractivity contribution in [3.63, 3.8) is 0 Å². The second-order valence-corrected chi connectivity index (χ2v) is 4.38. The van der Waals surface area contributed by atoms with Crippen molar-refractivity contribution in [1.82, 2.24) is 9.88 Å². The number of alkyl halides is 3. The van der Waals surface area contributed by atoms with Gasteiger partial charge in [-0.25, -0.2) is 4.98 Å². The highest BCUT2D eigenvalue weighted by atomic mass is 32.1. The van der Waals surface area contributed by atoms with Gasteiger partial charge < -0.3 is 10.6 Å². The Hall–Kier alpha value is -1.15. The van der Waals surface area contributed by atoms with Gasteiger partial charge in [0.25, 0.3) is 5.91 Å². The molecule has 1 heterocycles. The number of aromatic nitrogens is 1. The first-order chi connectivity index (χ1) is 7.83. The summed E-state index contributed by atoms with van der Waals surface area (Å²) in [4.78, 5) is 16.1. The molecule has 0 saturated heterocycles. The van der Waals surface area contributed by atoms with Gasteiger partial charge in [-0.1, -0.05) is 0 Å². The Kier molecular flexibility index (Phi) is 4.47. The van der Waals surface area contributed by atoms with Crippen molar-refractivity contribution < 1.29 is 18.0 Å². The highest BCUT2D eigenvalue weighted by Crippen LogP contribution is 2.18. The Morgan fingerprint density at radius 1 is 1.59 bits per heavy atom. The molecule has 8 heteroatoms. The first-order valence-corrected chi connectivity index (χ1v) is 5.68. The van der Waals surface area contributed by atoms with Crippen LogP contribution in [0.15, 0.2) is 5.38 Å². The van der Waals surface area contributed by atoms with E-state index in [1.165, 1.54) is 16.7 Å². The molecule has 1 rings (SSSR count). The van der Waals surface area contributed by atoms with E-state index >= 15 is 0 Å². The molecule has 0 radical (unpaired) electrons. The number of carbonyl (C=O) groups excluding carboxylic acids is 1. The van der Waals surface area contributed by atoms with Crippen molar-refractivity contribution in [3.8, 4) is 0 Å². The van der Waals surface area contributed by atoms with Gasteiger partial charge in [0.2, 0.25) is 0 Å². The average Bonchev–Trinajstić information content (AvgIpc) is 2.63. The van der Waals surface area contributed by atoms with E-state index in [0.717, 1.165) is 7.05 Å². The second kappa shape index (κ2) is 5.46. The van der Waals surface area contributed by atoms with Gasteiger partial charge >= 0.3 is 6.18 Å². The minimum absolute atomic E-state index is 0.0326. The smallest absolute Gasteiger partial charge is 0.331 e. The number of nitrogens with zero attached hydrogens (tertiary/aromatic N) is 2. The molecular weight excluding hydrogens is 255 g/mol. The number of carbonyl (C=O) groups is 1. The van der Waals surface area contributed by atoms with E-state index < -0.39 is 18.6 Å². The Balaban J connectivity index is 2.68. The molecule has 1 aromatic rings. The minimum Gasteiger partial charge on any atom is -0.331 e. The first kappa shape index (κ1) is 13.9. The lowest BCUT2D eigenvalue weighted by molar-refractivity contribution is -0.138. The van der Waals surface area contributed by atoms with E-state index in [9.17, 15) is 18.0 Å². The number of nitrogens with two attached hydrogens (primary N) is 1. The molecule has 0 atom stereocenters. The summed E-state index contributed by atoms with van der Waals surface area (Å²) < 4.78 is 36.2. The van der Waals surface area contributed by atoms with E-state index in [1.54, 1.807) is 0 Å². The van der Waals surface area contributed by atoms with Gasteiger partial charge in [-0.2, -0.15) is 13.2 Å². The Bertz CT molecular complexity index is 391. The SMILES string of the molecule is CN(CC(F)(F)F)C(=O)c1csc(CCN)n1. The molecule has 96 valence electrons. The predicted octanol–water partition coefficient (Wildman–Crippen LogP) is 1.28. The maximum Gasteiger partial charge on any atom is 0.406 e. The number of thiazole rings is 1. The van der Waals surface area contributed by atoms with Crippen LogP contribution in [0.1, 0.15) is 15.5 Å². The largest absolute Gasteiger partial charge is 0.406 e. The normalized spacial score (nSPS) is 11.6. The number of hydrogen-bond donors (Lipinski definition) is 1. The Labute approximate surface area is 100 Å². The van der Waals surface area contributed by atoms with E-state index in [1.807, 2.05) is 0 Å². The number of rotatable bonds is 4. The Morgan fingerprint density at radius 2 is 2.24 bits per heavy atom. The predicted molar refractivity (Wildman–Crippen MR) is 57.9 cm³/mol. The lowest BCUT2D eigenvalue weighted by Crippen LogP contribution is -2.36. The van der Waals surface area contributed by atoms with Crippen molar-refractivity contribution in [2.45, 2.75) is 12.6 Å². The van der Waals surface area contributed by atoms with Gasteiger partial charge in [0, 0.05) is 18.8 Å². The molecule has 2 N–H and O–H groups in total. The molecule has 17 heavy (non-hydrogen) atoms. The molecule has 0 unspecified atom stereocenters. The third-order valence-corrected chi connectivity index (χ3v) is 2.80. The molecule has 0 aliphatic rings. The quantitative estimate of drug-likeness (QED) is 0.894. The standard InChI is InChI=1S/C9H12F3N3OS/c1-15(5-9(10,11)12)8(16)6-4-17-7(14-6)2-3-13/h4H,2-3,5,13H2,1H3. The summed E-state index contributed by atoms with van der Waals surface area (Å²) in [6, 6.07) is 0. The Morgan fingerprint density at radius 3 is 2.76 bits per heavy atom. The summed E-state index contributed by atoms with van der Waals surface area (Å²) in [6.45, 7) is -0.894. The van der Waals surface area contributed by atoms with Gasteiger partial charge in [-0.15, -0.1) is 11.3 Å². The van der Waals surface area contributed by atoms with Crippen molar-refractivity contribution in [3.05, 3.63) is 16.1 Å². The molecule has 0 aliphatic heterocycles. The number of hydrogen-bond acceptors (Lipinski definition) is 4. The van der Waals surface area contributed by atoms with Crippen LogP contribution < -0.4 is 5.73 Å². The number of halogens is 3. The van der Waals surface area contributed by atoms with Gasteiger partial charge in [0.1, 0.15) is 12.2 Å². The van der Waals surface area contributed by atoms with Crippen LogP contribution >= 0.6 is 11.3 Å². The van der Waals surface area contributed by atoms with Crippen LogP contribution in [0, 0.1) is 0 Å². The van der Waals surface area contributed by atoms with Crippen molar-refractivity contribution >= 4 is 17.2 Å². The van der Waals surface area contributed by atoms with Crippen molar-refractivity contribution in [1.29, 1.82) is 0 Å². The van der Waals surface area contributed by atoms with Crippen molar-refractivity contribution in [2.24, 2.45) is 5.73 Å². The summed E-state index contributed by atoms with van der Waals surface area (Å²) in [5.74, 6) is -0.734. The van der Waals surface area contributed by atoms with E-state index in [0.29, 0.717) is 22.9 Å². The molecule has 0 aromatic carbocycles. The maximum absolute atomic E-state index is 12.1. The zero-order chi connectivity index (χ0) is 13.1. The van der Waals surface area contributed by atoms with Gasteiger partial charge in [0.15, 0.2) is 0 Å². The average molecular weight is 267 g/mol. The molecule has 0 aliphatic carbocycles. The molecule has 0 saturated carbocycles. The highest BCUT2D eigenvalue weighted by molar-refractivity contribution is 7.09. The fraction of sp³-hybridized carbons (Fsp3) is 0.556. The molecule has 0 spiro atoms. The van der Waals surface area contributed by atoms with Crippen LogP contribution in [0.4, 0.5) is 13.2 Å². The summed E-state index contributed by atoms with van der Waals surface area (Å²) in [7, 11) is 1.10. The van der Waals surface area contributed by atoms with Crippen LogP contribution in [-0.4, -0.2) is 42.1 Å². The van der Waals surface area contributed by atoms with Gasteiger partial charge in [-0.05, 0) is 6.54 Å². The van der Waals surface area contributed by atoms with E-state index in [4.69, 9.17) is 5.73 Å². The number of amides is 1. The first-order valence-electron chi connectivity index (χ1n) is 4.80. The molecular formula is C9H12F3N3OS. The zero-order valence-electron chi connectivity index (χ0n) is 9.12. The monoisotopic (exact) mass is 267 g/mol. The highest BCUT2D eigenvalue weighted by Gasteiger charge is 2.32. The second-order valence-electron chi connectivity index (χ2n) is 3.44. The van der Waals surface area contributed by atoms with Crippen LogP contribution in [0.3, 0.4) is 0 Å². The minimum atomic E-state index is -4.40. The molecule has 0 fully saturated rings. The summed E-state index contributed by atoms with van der Waals surface area (Å²) >= 11 is 1.22. The third-order valence-electron chi connectivity index (χ3n) is 1.89. The summed E-state index contributed by atoms with van der Waals surface area (Å²) in [5, 5.41) is 2.09. The molecule has 1 aromatic heterocycles. The van der Waals surface area contributed by atoms with Crippen LogP contribution in [0.5, 0.6) is 0 Å². The van der Waals surface area contributed by atoms with Gasteiger partial charge in [-0.3, -0.25) is 4.79 Å². The van der Waals surface area contributed by atoms with Crippen molar-refractivity contribution in [2.75, 3.05) is 20.1 Å². The van der Waals surface area contributed by atoms with Crippen LogP contribution in [0.25, 0.3) is 0 Å². The van der Waals surface area contributed by atoms with E-state index in [2.05, 4.69) is 4.98 Å². The lowest BCUT2D eigenvalue weighted by Gasteiger charge is -2.17. The fourth-order valence-corrected chi connectivity index (χ4v) is 1.97. The van der Waals surface area contributed by atoms with Gasteiger partial charge in [0.05, 0.1) is 5.01 Å². The summed E-state index contributed by atoms with van der Waals surface area (Å²) in [6.07, 6.45) is -3.89. The summed E-state index contributed by atoms with van der Waals surface area (Å²) in [5.41, 5.74) is 5.34. The lowest BCUT2D eigenvalue weighted by atomic mass is 10.4. The molecule has 1 amide bonds. The van der Waals surface area contributed by atoms with Crippen LogP contribution in [0.2, 0.25) is 0 Å².